The van der Waals surface area contributed by atoms with E-state index in [0.717, 1.165) is 27.7 Å². The summed E-state index contributed by atoms with van der Waals surface area (Å²) < 4.78 is 1.92. The molecule has 0 aliphatic rings. The third-order valence-corrected chi connectivity index (χ3v) is 4.26. The first-order chi connectivity index (χ1) is 8.52. The Kier molecular flexibility index (Phi) is 3.82. The average Bonchev–Trinajstić information content (AvgIpc) is 2.86. The molecule has 0 aliphatic heterocycles. The lowest BCUT2D eigenvalue weighted by Gasteiger charge is -2.02. The van der Waals surface area contributed by atoms with Crippen LogP contribution in [0.25, 0.3) is 0 Å². The fourth-order valence-corrected chi connectivity index (χ4v) is 2.76. The average molecular weight is 265 g/mol. The van der Waals surface area contributed by atoms with E-state index in [-0.39, 0.29) is 6.61 Å². The summed E-state index contributed by atoms with van der Waals surface area (Å²) in [6.07, 6.45) is 0. The van der Waals surface area contributed by atoms with Crippen molar-refractivity contribution in [1.82, 2.24) is 14.8 Å². The molecule has 0 unspecified atom stereocenters. The van der Waals surface area contributed by atoms with Gasteiger partial charge in [0.25, 0.3) is 0 Å². The van der Waals surface area contributed by atoms with Crippen LogP contribution in [0.2, 0.25) is 0 Å². The van der Waals surface area contributed by atoms with Crippen molar-refractivity contribution in [3.8, 4) is 0 Å². The van der Waals surface area contributed by atoms with Crippen LogP contribution < -0.4 is 0 Å². The second kappa shape index (κ2) is 5.20. The fourth-order valence-electron chi connectivity index (χ4n) is 1.93. The lowest BCUT2D eigenvalue weighted by atomic mass is 10.2. The molecule has 0 aromatic carbocycles. The number of nitrogens with zero attached hydrogens (tertiary/aromatic N) is 3. The maximum Gasteiger partial charge on any atom is 0.0954 e. The lowest BCUT2D eigenvalue weighted by molar-refractivity contribution is 0.280. The minimum absolute atomic E-state index is 0.0476. The molecular formula is C13H19N3OS. The van der Waals surface area contributed by atoms with Gasteiger partial charge in [0.05, 0.1) is 29.5 Å². The summed E-state index contributed by atoms with van der Waals surface area (Å²) in [4.78, 5) is 4.61. The van der Waals surface area contributed by atoms with Crippen molar-refractivity contribution in [1.29, 1.82) is 0 Å². The molecule has 0 aliphatic carbocycles. The zero-order valence-corrected chi connectivity index (χ0v) is 12.1. The Morgan fingerprint density at radius 1 is 1.39 bits per heavy atom. The molecule has 2 aromatic heterocycles. The second-order valence-corrected chi connectivity index (χ2v) is 5.69. The molecule has 0 saturated carbocycles. The van der Waals surface area contributed by atoms with Crippen molar-refractivity contribution < 1.29 is 5.11 Å². The quantitative estimate of drug-likeness (QED) is 0.924. The van der Waals surface area contributed by atoms with Gasteiger partial charge in [-0.15, -0.1) is 11.3 Å². The van der Waals surface area contributed by atoms with Gasteiger partial charge in [0.1, 0.15) is 0 Å². The predicted molar refractivity (Wildman–Crippen MR) is 72.9 cm³/mol. The maximum absolute atomic E-state index is 9.29. The zero-order valence-electron chi connectivity index (χ0n) is 11.3. The Bertz CT molecular complexity index is 542. The summed E-state index contributed by atoms with van der Waals surface area (Å²) in [5, 5.41) is 17.0. The van der Waals surface area contributed by atoms with Crippen LogP contribution in [-0.2, 0) is 13.2 Å². The Morgan fingerprint density at radius 2 is 2.11 bits per heavy atom. The molecule has 2 aromatic rings. The minimum atomic E-state index is 0.0476. The minimum Gasteiger partial charge on any atom is -0.392 e. The van der Waals surface area contributed by atoms with Crippen LogP contribution in [0.15, 0.2) is 5.38 Å². The molecule has 2 rings (SSSR count). The predicted octanol–water partition coefficient (Wildman–Crippen LogP) is 2.62. The van der Waals surface area contributed by atoms with E-state index in [0.29, 0.717) is 12.5 Å². The molecular weight excluding hydrogens is 246 g/mol. The highest BCUT2D eigenvalue weighted by molar-refractivity contribution is 7.09. The third kappa shape index (κ3) is 2.47. The van der Waals surface area contributed by atoms with E-state index in [1.807, 2.05) is 18.5 Å². The van der Waals surface area contributed by atoms with Gasteiger partial charge >= 0.3 is 0 Å². The van der Waals surface area contributed by atoms with Crippen molar-refractivity contribution in [3.05, 3.63) is 33.0 Å². The summed E-state index contributed by atoms with van der Waals surface area (Å²) in [5.41, 5.74) is 3.89. The second-order valence-electron chi connectivity index (χ2n) is 4.80. The van der Waals surface area contributed by atoms with E-state index >= 15 is 0 Å². The Morgan fingerprint density at radius 3 is 2.61 bits per heavy atom. The number of aromatic nitrogens is 3. The summed E-state index contributed by atoms with van der Waals surface area (Å²) >= 11 is 1.70. The number of thiazole rings is 1. The molecule has 0 atom stereocenters. The monoisotopic (exact) mass is 265 g/mol. The smallest absolute Gasteiger partial charge is 0.0954 e. The maximum atomic E-state index is 9.29. The Labute approximate surface area is 111 Å². The molecule has 0 fully saturated rings. The summed E-state index contributed by atoms with van der Waals surface area (Å²) in [7, 11) is 0. The van der Waals surface area contributed by atoms with Crippen molar-refractivity contribution in [2.24, 2.45) is 0 Å². The molecule has 2 heterocycles. The zero-order chi connectivity index (χ0) is 13.3. The molecule has 0 amide bonds. The van der Waals surface area contributed by atoms with Gasteiger partial charge in [0.15, 0.2) is 0 Å². The number of aliphatic hydroxyl groups is 1. The van der Waals surface area contributed by atoms with E-state index in [4.69, 9.17) is 0 Å². The Hall–Kier alpha value is -1.20. The van der Waals surface area contributed by atoms with E-state index in [2.05, 4.69) is 29.3 Å². The van der Waals surface area contributed by atoms with Crippen molar-refractivity contribution in [3.63, 3.8) is 0 Å². The highest BCUT2D eigenvalue weighted by atomic mass is 32.1. The number of aliphatic hydroxyl groups excluding tert-OH is 1. The van der Waals surface area contributed by atoms with Gasteiger partial charge in [-0.25, -0.2) is 4.98 Å². The van der Waals surface area contributed by atoms with Crippen molar-refractivity contribution in [2.45, 2.75) is 46.8 Å². The summed E-state index contributed by atoms with van der Waals surface area (Å²) in [6, 6.07) is 0. The summed E-state index contributed by atoms with van der Waals surface area (Å²) in [6.45, 7) is 8.93. The van der Waals surface area contributed by atoms with Crippen LogP contribution in [0, 0.1) is 13.8 Å². The van der Waals surface area contributed by atoms with Crippen molar-refractivity contribution >= 4 is 11.3 Å². The normalized spacial score (nSPS) is 11.4. The van der Waals surface area contributed by atoms with E-state index in [9.17, 15) is 5.11 Å². The molecule has 18 heavy (non-hydrogen) atoms. The van der Waals surface area contributed by atoms with Gasteiger partial charge in [0.2, 0.25) is 0 Å². The van der Waals surface area contributed by atoms with Crippen LogP contribution in [0.4, 0.5) is 0 Å². The molecule has 0 spiro atoms. The molecule has 0 radical (unpaired) electrons. The number of hydrogen-bond donors (Lipinski definition) is 1. The van der Waals surface area contributed by atoms with Crippen LogP contribution in [0.5, 0.6) is 0 Å². The van der Waals surface area contributed by atoms with Crippen molar-refractivity contribution in [2.75, 3.05) is 0 Å². The number of aryl methyl sites for hydroxylation is 1. The molecule has 5 heteroatoms. The number of rotatable bonds is 4. The highest BCUT2D eigenvalue weighted by Crippen LogP contribution is 2.20. The fraction of sp³-hybridized carbons (Fsp3) is 0.538. The standard InChI is InChI=1S/C13H19N3OS/c1-8(2)13-14-11(7-18-13)5-16-10(4)12(6-17)9(3)15-16/h7-8,17H,5-6H2,1-4H3. The van der Waals surface area contributed by atoms with Crippen LogP contribution in [-0.4, -0.2) is 19.9 Å². The molecule has 98 valence electrons. The Balaban J connectivity index is 2.23. The van der Waals surface area contributed by atoms with Gasteiger partial charge in [-0.2, -0.15) is 5.10 Å². The van der Waals surface area contributed by atoms with Gasteiger partial charge in [0, 0.05) is 22.6 Å². The van der Waals surface area contributed by atoms with Gasteiger partial charge in [-0.3, -0.25) is 4.68 Å². The molecule has 0 bridgehead atoms. The van der Waals surface area contributed by atoms with Crippen LogP contribution in [0.3, 0.4) is 0 Å². The van der Waals surface area contributed by atoms with Gasteiger partial charge in [-0.1, -0.05) is 13.8 Å². The van der Waals surface area contributed by atoms with Crippen LogP contribution >= 0.6 is 11.3 Å². The topological polar surface area (TPSA) is 50.9 Å². The lowest BCUT2D eigenvalue weighted by Crippen LogP contribution is -2.05. The highest BCUT2D eigenvalue weighted by Gasteiger charge is 2.12. The first-order valence-electron chi connectivity index (χ1n) is 6.11. The summed E-state index contributed by atoms with van der Waals surface area (Å²) in [5.74, 6) is 0.470. The van der Waals surface area contributed by atoms with E-state index in [1.165, 1.54) is 0 Å². The number of hydrogen-bond acceptors (Lipinski definition) is 4. The van der Waals surface area contributed by atoms with Gasteiger partial charge < -0.3 is 5.11 Å². The first-order valence-corrected chi connectivity index (χ1v) is 6.99. The van der Waals surface area contributed by atoms with Gasteiger partial charge in [-0.05, 0) is 13.8 Å². The largest absolute Gasteiger partial charge is 0.392 e. The van der Waals surface area contributed by atoms with E-state index in [1.54, 1.807) is 11.3 Å². The van der Waals surface area contributed by atoms with E-state index < -0.39 is 0 Å². The third-order valence-electron chi connectivity index (χ3n) is 3.06. The molecule has 0 saturated heterocycles. The SMILES string of the molecule is Cc1nn(Cc2csc(C(C)C)n2)c(C)c1CO. The molecule has 4 nitrogen and oxygen atoms in total. The first kappa shape index (κ1) is 13.2. The molecule has 1 N–H and O–H groups in total. The van der Waals surface area contributed by atoms with Crippen LogP contribution in [0.1, 0.15) is 47.4 Å².